The molecule has 0 atom stereocenters. The molecule has 1 aromatic rings. The molecule has 2 N–H and O–H groups in total. The Morgan fingerprint density at radius 1 is 1.40 bits per heavy atom. The Bertz CT molecular complexity index is 542. The van der Waals surface area contributed by atoms with E-state index in [4.69, 9.17) is 4.74 Å². The van der Waals surface area contributed by atoms with Crippen LogP contribution in [0.4, 0.5) is 5.69 Å². The molecule has 0 spiro atoms. The second kappa shape index (κ2) is 6.51. The van der Waals surface area contributed by atoms with Crippen LogP contribution in [0.3, 0.4) is 0 Å². The third-order valence-corrected chi connectivity index (χ3v) is 4.81. The Hall–Kier alpha value is -1.18. The van der Waals surface area contributed by atoms with E-state index < -0.39 is 10.0 Å². The van der Waals surface area contributed by atoms with Gasteiger partial charge in [-0.05, 0) is 32.8 Å². The van der Waals surface area contributed by atoms with E-state index in [1.807, 2.05) is 13.8 Å². The summed E-state index contributed by atoms with van der Waals surface area (Å²) in [7, 11) is -3.54. The molecule has 1 fully saturated rings. The molecule has 112 valence electrons. The highest BCUT2D eigenvalue weighted by molar-refractivity contribution is 7.89. The SMILES string of the molecule is CCNc1ccncc1S(=O)(=O)NC1CC(OCC)C1. The topological polar surface area (TPSA) is 80.3 Å². The summed E-state index contributed by atoms with van der Waals surface area (Å²) in [6.07, 6.45) is 4.58. The predicted octanol–water partition coefficient (Wildman–Crippen LogP) is 1.36. The molecule has 0 amide bonds. The normalized spacial score (nSPS) is 22.3. The van der Waals surface area contributed by atoms with E-state index in [2.05, 4.69) is 15.0 Å². The lowest BCUT2D eigenvalue weighted by Crippen LogP contribution is -2.47. The maximum atomic E-state index is 12.4. The van der Waals surface area contributed by atoms with Gasteiger partial charge in [0.25, 0.3) is 0 Å². The van der Waals surface area contributed by atoms with E-state index >= 15 is 0 Å². The third kappa shape index (κ3) is 3.47. The maximum Gasteiger partial charge on any atom is 0.244 e. The molecule has 20 heavy (non-hydrogen) atoms. The zero-order valence-electron chi connectivity index (χ0n) is 11.8. The van der Waals surface area contributed by atoms with Crippen molar-refractivity contribution in [2.75, 3.05) is 18.5 Å². The van der Waals surface area contributed by atoms with Crippen LogP contribution in [0.1, 0.15) is 26.7 Å². The van der Waals surface area contributed by atoms with Gasteiger partial charge in [0, 0.05) is 31.6 Å². The predicted molar refractivity (Wildman–Crippen MR) is 77.2 cm³/mol. The molecule has 1 aliphatic carbocycles. The number of anilines is 1. The zero-order valence-corrected chi connectivity index (χ0v) is 12.6. The molecule has 1 aliphatic rings. The lowest BCUT2D eigenvalue weighted by Gasteiger charge is -2.35. The lowest BCUT2D eigenvalue weighted by atomic mass is 9.90. The fourth-order valence-corrected chi connectivity index (χ4v) is 3.63. The Morgan fingerprint density at radius 3 is 2.80 bits per heavy atom. The number of ether oxygens (including phenoxy) is 1. The molecule has 0 radical (unpaired) electrons. The van der Waals surface area contributed by atoms with Gasteiger partial charge in [0.15, 0.2) is 0 Å². The Balaban J connectivity index is 2.04. The highest BCUT2D eigenvalue weighted by Gasteiger charge is 2.33. The van der Waals surface area contributed by atoms with Gasteiger partial charge in [0.1, 0.15) is 4.90 Å². The standard InChI is InChI=1S/C13H21N3O3S/c1-3-15-12-5-6-14-9-13(12)20(17,18)16-10-7-11(8-10)19-4-2/h5-6,9-11,16H,3-4,7-8H2,1-2H3,(H,14,15). The minimum atomic E-state index is -3.54. The first-order valence-electron chi connectivity index (χ1n) is 6.88. The molecular weight excluding hydrogens is 278 g/mol. The van der Waals surface area contributed by atoms with Crippen LogP contribution >= 0.6 is 0 Å². The van der Waals surface area contributed by atoms with E-state index in [1.54, 1.807) is 12.3 Å². The lowest BCUT2D eigenvalue weighted by molar-refractivity contribution is -0.00475. The fraction of sp³-hybridized carbons (Fsp3) is 0.615. The van der Waals surface area contributed by atoms with Crippen LogP contribution in [0.15, 0.2) is 23.4 Å². The van der Waals surface area contributed by atoms with Gasteiger partial charge in [-0.2, -0.15) is 0 Å². The summed E-state index contributed by atoms with van der Waals surface area (Å²) in [6.45, 7) is 5.18. The molecule has 0 saturated heterocycles. The average Bonchev–Trinajstić information content (AvgIpc) is 2.37. The summed E-state index contributed by atoms with van der Waals surface area (Å²) < 4.78 is 32.9. The Morgan fingerprint density at radius 2 is 2.15 bits per heavy atom. The second-order valence-corrected chi connectivity index (χ2v) is 6.45. The molecule has 0 aliphatic heterocycles. The molecule has 6 nitrogen and oxygen atoms in total. The number of hydrogen-bond donors (Lipinski definition) is 2. The molecule has 2 rings (SSSR count). The van der Waals surface area contributed by atoms with Crippen molar-refractivity contribution in [1.29, 1.82) is 0 Å². The first kappa shape index (κ1) is 15.2. The monoisotopic (exact) mass is 299 g/mol. The van der Waals surface area contributed by atoms with Crippen LogP contribution < -0.4 is 10.0 Å². The third-order valence-electron chi connectivity index (χ3n) is 3.26. The van der Waals surface area contributed by atoms with Gasteiger partial charge in [0.05, 0.1) is 11.8 Å². The van der Waals surface area contributed by atoms with Gasteiger partial charge in [-0.25, -0.2) is 13.1 Å². The smallest absolute Gasteiger partial charge is 0.244 e. The van der Waals surface area contributed by atoms with Gasteiger partial charge < -0.3 is 10.1 Å². The summed E-state index contributed by atoms with van der Waals surface area (Å²) in [4.78, 5) is 4.10. The molecule has 1 aromatic heterocycles. The molecular formula is C13H21N3O3S. The van der Waals surface area contributed by atoms with Gasteiger partial charge in [-0.3, -0.25) is 4.98 Å². The molecule has 0 unspecified atom stereocenters. The first-order chi connectivity index (χ1) is 9.56. The van der Waals surface area contributed by atoms with Crippen molar-refractivity contribution in [3.05, 3.63) is 18.5 Å². The Labute approximate surface area is 120 Å². The highest BCUT2D eigenvalue weighted by Crippen LogP contribution is 2.26. The van der Waals surface area contributed by atoms with Crippen LogP contribution in [0, 0.1) is 0 Å². The summed E-state index contributed by atoms with van der Waals surface area (Å²) in [5.74, 6) is 0. The van der Waals surface area contributed by atoms with Crippen LogP contribution in [0.2, 0.25) is 0 Å². The van der Waals surface area contributed by atoms with Crippen molar-refractivity contribution in [1.82, 2.24) is 9.71 Å². The summed E-state index contributed by atoms with van der Waals surface area (Å²) in [6, 6.07) is 1.62. The molecule has 1 heterocycles. The number of nitrogens with one attached hydrogen (secondary N) is 2. The van der Waals surface area contributed by atoms with Crippen molar-refractivity contribution < 1.29 is 13.2 Å². The van der Waals surface area contributed by atoms with E-state index in [9.17, 15) is 8.42 Å². The zero-order chi connectivity index (χ0) is 14.6. The largest absolute Gasteiger partial charge is 0.384 e. The number of aromatic nitrogens is 1. The summed E-state index contributed by atoms with van der Waals surface area (Å²) in [5, 5.41) is 3.04. The highest BCUT2D eigenvalue weighted by atomic mass is 32.2. The van der Waals surface area contributed by atoms with Crippen LogP contribution in [0.25, 0.3) is 0 Å². The fourth-order valence-electron chi connectivity index (χ4n) is 2.25. The van der Waals surface area contributed by atoms with Gasteiger partial charge >= 0.3 is 0 Å². The van der Waals surface area contributed by atoms with Crippen molar-refractivity contribution in [3.8, 4) is 0 Å². The average molecular weight is 299 g/mol. The van der Waals surface area contributed by atoms with Crippen molar-refractivity contribution in [2.24, 2.45) is 0 Å². The van der Waals surface area contributed by atoms with E-state index in [-0.39, 0.29) is 17.0 Å². The van der Waals surface area contributed by atoms with Crippen LogP contribution in [0.5, 0.6) is 0 Å². The molecule has 0 bridgehead atoms. The van der Waals surface area contributed by atoms with Gasteiger partial charge in [0.2, 0.25) is 10.0 Å². The van der Waals surface area contributed by atoms with Gasteiger partial charge in [-0.1, -0.05) is 0 Å². The molecule has 1 saturated carbocycles. The first-order valence-corrected chi connectivity index (χ1v) is 8.37. The minimum absolute atomic E-state index is 0.0498. The quantitative estimate of drug-likeness (QED) is 0.794. The van der Waals surface area contributed by atoms with E-state index in [0.29, 0.717) is 18.8 Å². The Kier molecular flexibility index (Phi) is 4.95. The van der Waals surface area contributed by atoms with Crippen LogP contribution in [-0.4, -0.2) is 38.7 Å². The maximum absolute atomic E-state index is 12.4. The summed E-state index contributed by atoms with van der Waals surface area (Å²) >= 11 is 0. The number of sulfonamides is 1. The van der Waals surface area contributed by atoms with Gasteiger partial charge in [-0.15, -0.1) is 0 Å². The van der Waals surface area contributed by atoms with E-state index in [0.717, 1.165) is 12.8 Å². The van der Waals surface area contributed by atoms with E-state index in [1.165, 1.54) is 6.20 Å². The minimum Gasteiger partial charge on any atom is -0.384 e. The number of hydrogen-bond acceptors (Lipinski definition) is 5. The number of rotatable bonds is 7. The second-order valence-electron chi connectivity index (χ2n) is 4.77. The molecule has 7 heteroatoms. The number of nitrogens with zero attached hydrogens (tertiary/aromatic N) is 1. The van der Waals surface area contributed by atoms with Crippen LogP contribution in [-0.2, 0) is 14.8 Å². The van der Waals surface area contributed by atoms with Crippen molar-refractivity contribution in [2.45, 2.75) is 43.7 Å². The molecule has 0 aromatic carbocycles. The van der Waals surface area contributed by atoms with Crippen molar-refractivity contribution >= 4 is 15.7 Å². The van der Waals surface area contributed by atoms with Crippen molar-refractivity contribution in [3.63, 3.8) is 0 Å². The number of pyridine rings is 1. The summed E-state index contributed by atoms with van der Waals surface area (Å²) in [5.41, 5.74) is 0.579.